The highest BCUT2D eigenvalue weighted by Crippen LogP contribution is 2.37. The molecule has 2 unspecified atom stereocenters. The first kappa shape index (κ1) is 8.23. The Labute approximate surface area is 79.2 Å². The number of hydrogen-bond donors (Lipinski definition) is 1. The third-order valence-electron chi connectivity index (χ3n) is 2.22. The number of hydrogen-bond acceptors (Lipinski definition) is 2. The Bertz CT molecular complexity index is 288. The van der Waals surface area contributed by atoms with Gasteiger partial charge in [-0.3, -0.25) is 5.26 Å². The second-order valence-electron chi connectivity index (χ2n) is 2.94. The molecule has 0 amide bonds. The van der Waals surface area contributed by atoms with Gasteiger partial charge in [-0.05, 0) is 17.5 Å². The molecule has 1 aliphatic carbocycles. The molecular formula is C9H9BrO2. The van der Waals surface area contributed by atoms with Crippen molar-refractivity contribution in [1.29, 1.82) is 0 Å². The molecule has 3 heteroatoms. The van der Waals surface area contributed by atoms with Gasteiger partial charge in [-0.1, -0.05) is 40.2 Å². The van der Waals surface area contributed by atoms with Gasteiger partial charge in [0.2, 0.25) is 0 Å². The molecule has 0 heterocycles. The van der Waals surface area contributed by atoms with Crippen LogP contribution < -0.4 is 0 Å². The average Bonchev–Trinajstić information content (AvgIpc) is 2.40. The van der Waals surface area contributed by atoms with Crippen molar-refractivity contribution in [2.45, 2.75) is 17.4 Å². The van der Waals surface area contributed by atoms with E-state index < -0.39 is 0 Å². The molecule has 1 aliphatic rings. The SMILES string of the molecule is OOC1c2ccccc2CC1Br. The van der Waals surface area contributed by atoms with Crippen LogP contribution in [-0.2, 0) is 11.3 Å². The highest BCUT2D eigenvalue weighted by Gasteiger charge is 2.31. The third kappa shape index (κ3) is 1.18. The fourth-order valence-corrected chi connectivity index (χ4v) is 2.36. The summed E-state index contributed by atoms with van der Waals surface area (Å²) in [5.74, 6) is 0. The molecule has 64 valence electrons. The van der Waals surface area contributed by atoms with Gasteiger partial charge in [-0.2, -0.15) is 0 Å². The van der Waals surface area contributed by atoms with Crippen molar-refractivity contribution in [3.8, 4) is 0 Å². The van der Waals surface area contributed by atoms with Crippen LogP contribution in [0.5, 0.6) is 0 Å². The molecule has 0 saturated carbocycles. The zero-order valence-corrected chi connectivity index (χ0v) is 7.99. The Hall–Kier alpha value is -0.380. The first-order valence-corrected chi connectivity index (χ1v) is 4.76. The molecule has 0 aromatic heterocycles. The molecule has 12 heavy (non-hydrogen) atoms. The van der Waals surface area contributed by atoms with E-state index >= 15 is 0 Å². The van der Waals surface area contributed by atoms with Crippen LogP contribution in [-0.4, -0.2) is 10.1 Å². The Balaban J connectivity index is 2.40. The smallest absolute Gasteiger partial charge is 0.131 e. The van der Waals surface area contributed by atoms with E-state index in [-0.39, 0.29) is 10.9 Å². The van der Waals surface area contributed by atoms with E-state index in [1.165, 1.54) is 5.56 Å². The molecule has 0 spiro atoms. The van der Waals surface area contributed by atoms with Crippen LogP contribution in [0.1, 0.15) is 17.2 Å². The highest BCUT2D eigenvalue weighted by molar-refractivity contribution is 9.09. The minimum Gasteiger partial charge on any atom is -0.251 e. The molecular weight excluding hydrogens is 220 g/mol. The maximum absolute atomic E-state index is 8.65. The topological polar surface area (TPSA) is 29.5 Å². The molecule has 2 nitrogen and oxygen atoms in total. The lowest BCUT2D eigenvalue weighted by Crippen LogP contribution is -2.08. The van der Waals surface area contributed by atoms with Crippen LogP contribution >= 0.6 is 15.9 Å². The maximum atomic E-state index is 8.65. The summed E-state index contributed by atoms with van der Waals surface area (Å²) in [4.78, 5) is 4.60. The summed E-state index contributed by atoms with van der Waals surface area (Å²) in [6.07, 6.45) is 0.711. The van der Waals surface area contributed by atoms with Crippen molar-refractivity contribution in [3.63, 3.8) is 0 Å². The second-order valence-corrected chi connectivity index (χ2v) is 4.12. The van der Waals surface area contributed by atoms with E-state index in [1.54, 1.807) is 0 Å². The first-order valence-electron chi connectivity index (χ1n) is 3.85. The Morgan fingerprint density at radius 3 is 2.92 bits per heavy atom. The summed E-state index contributed by atoms with van der Waals surface area (Å²) >= 11 is 3.46. The first-order chi connectivity index (χ1) is 5.83. The number of rotatable bonds is 1. The summed E-state index contributed by atoms with van der Waals surface area (Å²) in [6, 6.07) is 7.99. The monoisotopic (exact) mass is 228 g/mol. The van der Waals surface area contributed by atoms with Crippen LogP contribution in [0.15, 0.2) is 24.3 Å². The molecule has 0 radical (unpaired) electrons. The maximum Gasteiger partial charge on any atom is 0.131 e. The van der Waals surface area contributed by atoms with Crippen molar-refractivity contribution >= 4 is 15.9 Å². The molecule has 1 N–H and O–H groups in total. The number of fused-ring (bicyclic) bond motifs is 1. The molecule has 1 aromatic carbocycles. The zero-order chi connectivity index (χ0) is 8.55. The lowest BCUT2D eigenvalue weighted by Gasteiger charge is -2.09. The zero-order valence-electron chi connectivity index (χ0n) is 6.40. The van der Waals surface area contributed by atoms with Gasteiger partial charge in [0.1, 0.15) is 6.10 Å². The van der Waals surface area contributed by atoms with Crippen molar-refractivity contribution < 1.29 is 10.1 Å². The minimum atomic E-state index is -0.207. The van der Waals surface area contributed by atoms with Crippen molar-refractivity contribution in [1.82, 2.24) is 0 Å². The predicted molar refractivity (Wildman–Crippen MR) is 49.3 cm³/mol. The van der Waals surface area contributed by atoms with Gasteiger partial charge in [-0.15, -0.1) is 0 Å². The summed E-state index contributed by atoms with van der Waals surface area (Å²) in [5.41, 5.74) is 2.33. The summed E-state index contributed by atoms with van der Waals surface area (Å²) < 4.78 is 0. The van der Waals surface area contributed by atoms with Crippen molar-refractivity contribution in [3.05, 3.63) is 35.4 Å². The molecule has 0 bridgehead atoms. The quantitative estimate of drug-likeness (QED) is 0.455. The largest absolute Gasteiger partial charge is 0.251 e. The van der Waals surface area contributed by atoms with Crippen LogP contribution in [0.3, 0.4) is 0 Å². The third-order valence-corrected chi connectivity index (χ3v) is 3.02. The Morgan fingerprint density at radius 1 is 1.42 bits per heavy atom. The highest BCUT2D eigenvalue weighted by atomic mass is 79.9. The van der Waals surface area contributed by atoms with Gasteiger partial charge in [0.15, 0.2) is 0 Å². The van der Waals surface area contributed by atoms with E-state index in [2.05, 4.69) is 26.9 Å². The standard InChI is InChI=1S/C9H9BrO2/c10-8-5-6-3-1-2-4-7(6)9(8)12-11/h1-4,8-9,11H,5H2. The van der Waals surface area contributed by atoms with Crippen LogP contribution in [0.2, 0.25) is 0 Å². The van der Waals surface area contributed by atoms with Crippen molar-refractivity contribution in [2.24, 2.45) is 0 Å². The lowest BCUT2D eigenvalue weighted by atomic mass is 10.1. The van der Waals surface area contributed by atoms with Crippen LogP contribution in [0.4, 0.5) is 0 Å². The van der Waals surface area contributed by atoms with Gasteiger partial charge >= 0.3 is 0 Å². The minimum absolute atomic E-state index is 0.194. The number of halogens is 1. The van der Waals surface area contributed by atoms with Crippen LogP contribution in [0, 0.1) is 0 Å². The number of alkyl halides is 1. The number of benzene rings is 1. The van der Waals surface area contributed by atoms with E-state index in [4.69, 9.17) is 5.26 Å². The van der Waals surface area contributed by atoms with Gasteiger partial charge in [0, 0.05) is 0 Å². The van der Waals surface area contributed by atoms with E-state index in [0.29, 0.717) is 0 Å². The molecule has 0 aliphatic heterocycles. The van der Waals surface area contributed by atoms with E-state index in [9.17, 15) is 0 Å². The second kappa shape index (κ2) is 3.17. The average molecular weight is 229 g/mol. The normalized spacial score (nSPS) is 27.2. The summed E-state index contributed by atoms with van der Waals surface area (Å²) in [5, 5.41) is 8.65. The summed E-state index contributed by atoms with van der Waals surface area (Å²) in [6.45, 7) is 0. The molecule has 0 saturated heterocycles. The molecule has 2 rings (SSSR count). The Morgan fingerprint density at radius 2 is 2.17 bits per heavy atom. The Kier molecular flexibility index (Phi) is 2.17. The lowest BCUT2D eigenvalue weighted by molar-refractivity contribution is -0.279. The van der Waals surface area contributed by atoms with E-state index in [1.807, 2.05) is 18.2 Å². The van der Waals surface area contributed by atoms with Gasteiger partial charge in [0.05, 0.1) is 4.83 Å². The van der Waals surface area contributed by atoms with Gasteiger partial charge < -0.3 is 0 Å². The van der Waals surface area contributed by atoms with Crippen molar-refractivity contribution in [2.75, 3.05) is 0 Å². The van der Waals surface area contributed by atoms with Crippen LogP contribution in [0.25, 0.3) is 0 Å². The fourth-order valence-electron chi connectivity index (χ4n) is 1.63. The molecule has 1 aromatic rings. The van der Waals surface area contributed by atoms with E-state index in [0.717, 1.165) is 12.0 Å². The fraction of sp³-hybridized carbons (Fsp3) is 0.333. The van der Waals surface area contributed by atoms with Gasteiger partial charge in [-0.25, -0.2) is 4.89 Å². The summed E-state index contributed by atoms with van der Waals surface area (Å²) in [7, 11) is 0. The molecule has 2 atom stereocenters. The molecule has 0 fully saturated rings. The van der Waals surface area contributed by atoms with Gasteiger partial charge in [0.25, 0.3) is 0 Å². The predicted octanol–water partition coefficient (Wildman–Crippen LogP) is 2.54.